The summed E-state index contributed by atoms with van der Waals surface area (Å²) < 4.78 is 26.7. The lowest BCUT2D eigenvalue weighted by atomic mass is 10.1. The molecule has 118 valence electrons. The highest BCUT2D eigenvalue weighted by atomic mass is 35.5. The molecule has 0 spiro atoms. The first-order chi connectivity index (χ1) is 10.5. The fraction of sp³-hybridized carbons (Fsp3) is 0.250. The Kier molecular flexibility index (Phi) is 6.32. The van der Waals surface area contributed by atoms with Crippen LogP contribution >= 0.6 is 23.4 Å². The molecule has 3 nitrogen and oxygen atoms in total. The molecular weight excluding hydrogens is 338 g/mol. The molecule has 0 aliphatic carbocycles. The van der Waals surface area contributed by atoms with Gasteiger partial charge in [-0.1, -0.05) is 35.9 Å². The Balaban J connectivity index is 1.79. The van der Waals surface area contributed by atoms with Crippen LogP contribution in [0.25, 0.3) is 0 Å². The number of rotatable bonds is 7. The minimum atomic E-state index is -3.45. The summed E-state index contributed by atoms with van der Waals surface area (Å²) in [6.45, 7) is 2.49. The molecule has 0 aromatic heterocycles. The van der Waals surface area contributed by atoms with Crippen molar-refractivity contribution in [1.29, 1.82) is 0 Å². The van der Waals surface area contributed by atoms with E-state index in [-0.39, 0.29) is 4.90 Å². The van der Waals surface area contributed by atoms with E-state index in [0.717, 1.165) is 11.5 Å². The second-order valence-electron chi connectivity index (χ2n) is 4.83. The maximum atomic E-state index is 12.1. The smallest absolute Gasteiger partial charge is 0.210 e. The first-order valence-corrected chi connectivity index (χ1v) is 9.88. The molecule has 6 heteroatoms. The molecule has 0 heterocycles. The molecule has 2 aromatic carbocycles. The number of aryl methyl sites for hydroxylation is 1. The maximum absolute atomic E-state index is 12.1. The van der Waals surface area contributed by atoms with E-state index < -0.39 is 10.0 Å². The van der Waals surface area contributed by atoms with Crippen LogP contribution in [0.2, 0.25) is 5.02 Å². The number of thioether (sulfide) groups is 1. The van der Waals surface area contributed by atoms with Crippen LogP contribution in [0.5, 0.6) is 0 Å². The topological polar surface area (TPSA) is 46.2 Å². The summed E-state index contributed by atoms with van der Waals surface area (Å²) >= 11 is 7.47. The van der Waals surface area contributed by atoms with Crippen molar-refractivity contribution in [3.8, 4) is 0 Å². The Hall–Kier alpha value is -1.01. The van der Waals surface area contributed by atoms with Crippen LogP contribution in [0.15, 0.2) is 53.4 Å². The van der Waals surface area contributed by atoms with Crippen LogP contribution in [0.1, 0.15) is 11.1 Å². The van der Waals surface area contributed by atoms with E-state index in [2.05, 4.69) is 23.8 Å². The van der Waals surface area contributed by atoms with Crippen molar-refractivity contribution in [2.24, 2.45) is 0 Å². The van der Waals surface area contributed by atoms with E-state index in [4.69, 9.17) is 11.6 Å². The third-order valence-corrected chi connectivity index (χ3v) is 5.92. The van der Waals surface area contributed by atoms with Crippen molar-refractivity contribution < 1.29 is 8.42 Å². The molecule has 22 heavy (non-hydrogen) atoms. The van der Waals surface area contributed by atoms with E-state index >= 15 is 0 Å². The van der Waals surface area contributed by atoms with Crippen molar-refractivity contribution >= 4 is 33.4 Å². The molecule has 0 aliphatic heterocycles. The lowest BCUT2D eigenvalue weighted by molar-refractivity contribution is 0.584. The van der Waals surface area contributed by atoms with Crippen molar-refractivity contribution in [3.05, 3.63) is 64.7 Å². The Bertz CT molecular complexity index is 715. The summed E-state index contributed by atoms with van der Waals surface area (Å²) in [5.74, 6) is 1.61. The summed E-state index contributed by atoms with van der Waals surface area (Å²) in [5, 5.41) is 0.521. The van der Waals surface area contributed by atoms with Crippen molar-refractivity contribution in [2.75, 3.05) is 12.3 Å². The van der Waals surface area contributed by atoms with Gasteiger partial charge in [-0.3, -0.25) is 0 Å². The van der Waals surface area contributed by atoms with Gasteiger partial charge in [-0.15, -0.1) is 0 Å². The number of benzene rings is 2. The van der Waals surface area contributed by atoms with Gasteiger partial charge in [0.2, 0.25) is 10.0 Å². The second-order valence-corrected chi connectivity index (χ2v) is 8.14. The van der Waals surface area contributed by atoms with Gasteiger partial charge in [0.15, 0.2) is 0 Å². The lowest BCUT2D eigenvalue weighted by Gasteiger charge is -2.08. The van der Waals surface area contributed by atoms with Crippen LogP contribution in [-0.4, -0.2) is 20.7 Å². The number of hydrogen-bond acceptors (Lipinski definition) is 3. The molecule has 0 bridgehead atoms. The molecule has 2 aromatic rings. The van der Waals surface area contributed by atoms with E-state index in [1.165, 1.54) is 23.3 Å². The van der Waals surface area contributed by atoms with Gasteiger partial charge in [0.05, 0.1) is 4.90 Å². The van der Waals surface area contributed by atoms with E-state index in [0.29, 0.717) is 11.6 Å². The van der Waals surface area contributed by atoms with E-state index in [1.54, 1.807) is 23.9 Å². The summed E-state index contributed by atoms with van der Waals surface area (Å²) in [5.41, 5.74) is 2.55. The summed E-state index contributed by atoms with van der Waals surface area (Å²) in [6, 6.07) is 14.4. The van der Waals surface area contributed by atoms with Crippen LogP contribution in [-0.2, 0) is 15.8 Å². The number of halogens is 1. The molecule has 0 saturated heterocycles. The van der Waals surface area contributed by atoms with Crippen LogP contribution in [0.4, 0.5) is 0 Å². The minimum absolute atomic E-state index is 0.237. The first-order valence-electron chi connectivity index (χ1n) is 6.86. The molecular formula is C16H18ClNO2S2. The third-order valence-electron chi connectivity index (χ3n) is 3.18. The van der Waals surface area contributed by atoms with Crippen molar-refractivity contribution in [1.82, 2.24) is 4.72 Å². The predicted molar refractivity (Wildman–Crippen MR) is 94.0 cm³/mol. The second kappa shape index (κ2) is 8.02. The number of nitrogens with one attached hydrogen (secondary N) is 1. The summed E-state index contributed by atoms with van der Waals surface area (Å²) in [4.78, 5) is 0.237. The highest BCUT2D eigenvalue weighted by molar-refractivity contribution is 7.98. The van der Waals surface area contributed by atoms with Gasteiger partial charge >= 0.3 is 0 Å². The highest BCUT2D eigenvalue weighted by Crippen LogP contribution is 2.16. The highest BCUT2D eigenvalue weighted by Gasteiger charge is 2.12. The van der Waals surface area contributed by atoms with Gasteiger partial charge in [0, 0.05) is 23.1 Å². The first kappa shape index (κ1) is 17.3. The molecule has 0 unspecified atom stereocenters. The zero-order valence-corrected chi connectivity index (χ0v) is 14.6. The molecule has 0 aliphatic rings. The fourth-order valence-corrected chi connectivity index (χ4v) is 4.12. The molecule has 0 amide bonds. The number of hydrogen-bond donors (Lipinski definition) is 1. The van der Waals surface area contributed by atoms with Gasteiger partial charge in [0.1, 0.15) is 0 Å². The van der Waals surface area contributed by atoms with Gasteiger partial charge in [-0.2, -0.15) is 11.8 Å². The van der Waals surface area contributed by atoms with Gasteiger partial charge in [-0.05, 0) is 42.3 Å². The van der Waals surface area contributed by atoms with Gasteiger partial charge in [-0.25, -0.2) is 13.1 Å². The normalized spacial score (nSPS) is 11.5. The Morgan fingerprint density at radius 2 is 1.77 bits per heavy atom. The summed E-state index contributed by atoms with van der Waals surface area (Å²) in [6.07, 6.45) is 0. The van der Waals surface area contributed by atoms with Crippen LogP contribution in [0, 0.1) is 6.92 Å². The standard InChI is InChI=1S/C16H18ClNO2S2/c1-13-4-2-3-5-14(13)12-21-11-10-18-22(19,20)16-8-6-15(17)7-9-16/h2-9,18H,10-12H2,1H3. The molecule has 1 N–H and O–H groups in total. The molecule has 0 fully saturated rings. The Labute approximate surface area is 141 Å². The van der Waals surface area contributed by atoms with Gasteiger partial charge in [0.25, 0.3) is 0 Å². The summed E-state index contributed by atoms with van der Waals surface area (Å²) in [7, 11) is -3.45. The zero-order chi connectivity index (χ0) is 16.0. The van der Waals surface area contributed by atoms with Crippen LogP contribution in [0.3, 0.4) is 0 Å². The van der Waals surface area contributed by atoms with Crippen LogP contribution < -0.4 is 4.72 Å². The molecule has 0 radical (unpaired) electrons. The largest absolute Gasteiger partial charge is 0.240 e. The van der Waals surface area contributed by atoms with E-state index in [1.807, 2.05) is 12.1 Å². The fourth-order valence-electron chi connectivity index (χ4n) is 1.90. The maximum Gasteiger partial charge on any atom is 0.240 e. The number of sulfonamides is 1. The minimum Gasteiger partial charge on any atom is -0.210 e. The average Bonchev–Trinajstić information content (AvgIpc) is 2.49. The zero-order valence-electron chi connectivity index (χ0n) is 12.3. The van der Waals surface area contributed by atoms with Crippen molar-refractivity contribution in [3.63, 3.8) is 0 Å². The predicted octanol–water partition coefficient (Wildman–Crippen LogP) is 3.86. The Morgan fingerprint density at radius 3 is 2.45 bits per heavy atom. The Morgan fingerprint density at radius 1 is 1.09 bits per heavy atom. The molecule has 2 rings (SSSR count). The average molecular weight is 356 g/mol. The van der Waals surface area contributed by atoms with Gasteiger partial charge < -0.3 is 0 Å². The monoisotopic (exact) mass is 355 g/mol. The molecule has 0 atom stereocenters. The lowest BCUT2D eigenvalue weighted by Crippen LogP contribution is -2.26. The van der Waals surface area contributed by atoms with E-state index in [9.17, 15) is 8.42 Å². The third kappa shape index (κ3) is 5.02. The molecule has 0 saturated carbocycles. The quantitative estimate of drug-likeness (QED) is 0.767. The SMILES string of the molecule is Cc1ccccc1CSCCNS(=O)(=O)c1ccc(Cl)cc1. The van der Waals surface area contributed by atoms with Crippen molar-refractivity contribution in [2.45, 2.75) is 17.6 Å².